The molecule has 2 saturated heterocycles. The Morgan fingerprint density at radius 2 is 1.73 bits per heavy atom. The minimum absolute atomic E-state index is 0.0248. The number of hydrogen-bond acceptors (Lipinski definition) is 5. The van der Waals surface area contributed by atoms with Crippen LogP contribution in [-0.4, -0.2) is 53.2 Å². The number of carbonyl (C=O) groups is 3. The summed E-state index contributed by atoms with van der Waals surface area (Å²) in [5.74, 6) is -1.77. The van der Waals surface area contributed by atoms with Crippen molar-refractivity contribution < 1.29 is 23.2 Å². The molecule has 0 spiro atoms. The van der Waals surface area contributed by atoms with Crippen molar-refractivity contribution in [2.45, 2.75) is 50.6 Å². The van der Waals surface area contributed by atoms with Gasteiger partial charge in [-0.3, -0.25) is 19.2 Å². The summed E-state index contributed by atoms with van der Waals surface area (Å²) in [4.78, 5) is 55.8. The topological polar surface area (TPSA) is 99.9 Å². The van der Waals surface area contributed by atoms with Crippen LogP contribution in [0.25, 0.3) is 11.0 Å². The van der Waals surface area contributed by atoms with Crippen LogP contribution < -0.4 is 10.7 Å². The van der Waals surface area contributed by atoms with Gasteiger partial charge in [0.25, 0.3) is 5.91 Å². The summed E-state index contributed by atoms with van der Waals surface area (Å²) in [5, 5.41) is 3.31. The lowest BCUT2D eigenvalue weighted by Gasteiger charge is -2.35. The molecule has 8 nitrogen and oxygen atoms in total. The van der Waals surface area contributed by atoms with Crippen LogP contribution in [0.2, 0.25) is 5.02 Å². The maximum atomic E-state index is 14.4. The summed E-state index contributed by atoms with van der Waals surface area (Å²) >= 11 is 6.07. The smallest absolute Gasteiger partial charge is 0.287 e. The third-order valence-corrected chi connectivity index (χ3v) is 8.97. The van der Waals surface area contributed by atoms with Crippen LogP contribution in [0.3, 0.4) is 0 Å². The van der Waals surface area contributed by atoms with Crippen molar-refractivity contribution in [3.63, 3.8) is 0 Å². The molecule has 2 aliphatic heterocycles. The fourth-order valence-electron chi connectivity index (χ4n) is 6.32. The van der Waals surface area contributed by atoms with Crippen LogP contribution in [0, 0.1) is 5.82 Å². The highest BCUT2D eigenvalue weighted by atomic mass is 35.5. The highest BCUT2D eigenvalue weighted by molar-refractivity contribution is 6.30. The third-order valence-electron chi connectivity index (χ3n) is 8.72. The molecule has 232 valence electrons. The van der Waals surface area contributed by atoms with Crippen LogP contribution in [0.15, 0.2) is 82.0 Å². The van der Waals surface area contributed by atoms with E-state index >= 15 is 0 Å². The van der Waals surface area contributed by atoms with E-state index in [9.17, 15) is 23.6 Å². The number of fused-ring (bicyclic) bond motifs is 1. The molecule has 2 aliphatic rings. The molecule has 0 unspecified atom stereocenters. The molecule has 1 atom stereocenters. The average Bonchev–Trinajstić information content (AvgIpc) is 3.46. The SMILES string of the molecule is O=C(N[C@@H](Cc1ccc(Cl)cc1)C(=O)N1CCC(c2ccccc2CN2CCCC2=O)CC1)c1cc(=O)c2cccc(F)c2o1. The number of benzene rings is 3. The molecule has 3 aromatic carbocycles. The van der Waals surface area contributed by atoms with Crippen molar-refractivity contribution in [3.8, 4) is 0 Å². The zero-order valence-corrected chi connectivity index (χ0v) is 25.4. The Hall–Kier alpha value is -4.50. The number of hydrogen-bond donors (Lipinski definition) is 1. The summed E-state index contributed by atoms with van der Waals surface area (Å²) in [6, 6.07) is 19.2. The molecular formula is C35H33ClFN3O5. The molecule has 0 saturated carbocycles. The van der Waals surface area contributed by atoms with Crippen molar-refractivity contribution in [1.29, 1.82) is 0 Å². The van der Waals surface area contributed by atoms with Gasteiger partial charge < -0.3 is 19.5 Å². The largest absolute Gasteiger partial charge is 0.448 e. The Morgan fingerprint density at radius 1 is 0.978 bits per heavy atom. The van der Waals surface area contributed by atoms with Gasteiger partial charge in [-0.2, -0.15) is 0 Å². The predicted molar refractivity (Wildman–Crippen MR) is 169 cm³/mol. The van der Waals surface area contributed by atoms with Gasteiger partial charge in [0.15, 0.2) is 22.6 Å². The van der Waals surface area contributed by atoms with Crippen LogP contribution in [0.4, 0.5) is 4.39 Å². The maximum absolute atomic E-state index is 14.4. The number of amides is 3. The summed E-state index contributed by atoms with van der Waals surface area (Å²) in [5.41, 5.74) is 2.25. The van der Waals surface area contributed by atoms with Gasteiger partial charge in [-0.15, -0.1) is 0 Å². The molecule has 4 aromatic rings. The molecule has 1 N–H and O–H groups in total. The van der Waals surface area contributed by atoms with Crippen molar-refractivity contribution in [1.82, 2.24) is 15.1 Å². The molecule has 2 fully saturated rings. The van der Waals surface area contributed by atoms with Crippen LogP contribution >= 0.6 is 11.6 Å². The van der Waals surface area contributed by atoms with Gasteiger partial charge in [0.05, 0.1) is 5.39 Å². The van der Waals surface area contributed by atoms with E-state index in [-0.39, 0.29) is 40.9 Å². The lowest BCUT2D eigenvalue weighted by atomic mass is 9.86. The van der Waals surface area contributed by atoms with E-state index in [2.05, 4.69) is 17.4 Å². The number of nitrogens with one attached hydrogen (secondary N) is 1. The fraction of sp³-hybridized carbons (Fsp3) is 0.314. The summed E-state index contributed by atoms with van der Waals surface area (Å²) in [6.07, 6.45) is 3.13. The monoisotopic (exact) mass is 629 g/mol. The first-order valence-electron chi connectivity index (χ1n) is 15.2. The molecule has 1 aromatic heterocycles. The van der Waals surface area contributed by atoms with E-state index in [1.807, 2.05) is 17.0 Å². The van der Waals surface area contributed by atoms with E-state index in [1.54, 1.807) is 29.2 Å². The van der Waals surface area contributed by atoms with Crippen LogP contribution in [0.5, 0.6) is 0 Å². The molecular weight excluding hydrogens is 597 g/mol. The number of rotatable bonds is 8. The van der Waals surface area contributed by atoms with Crippen LogP contribution in [-0.2, 0) is 22.6 Å². The van der Waals surface area contributed by atoms with E-state index in [0.29, 0.717) is 31.1 Å². The Kier molecular flexibility index (Phi) is 8.98. The molecule has 3 amide bonds. The molecule has 0 radical (unpaired) electrons. The Morgan fingerprint density at radius 3 is 2.47 bits per heavy atom. The molecule has 10 heteroatoms. The van der Waals surface area contributed by atoms with Crippen molar-refractivity contribution in [2.24, 2.45) is 0 Å². The molecule has 3 heterocycles. The maximum Gasteiger partial charge on any atom is 0.287 e. The van der Waals surface area contributed by atoms with Gasteiger partial charge in [-0.1, -0.05) is 54.1 Å². The number of likely N-dealkylation sites (tertiary alicyclic amines) is 2. The summed E-state index contributed by atoms with van der Waals surface area (Å²) in [7, 11) is 0. The zero-order valence-electron chi connectivity index (χ0n) is 24.6. The van der Waals surface area contributed by atoms with E-state index in [4.69, 9.17) is 16.0 Å². The lowest BCUT2D eigenvalue weighted by Crippen LogP contribution is -2.51. The number of nitrogens with zero attached hydrogens (tertiary/aromatic N) is 2. The average molecular weight is 630 g/mol. The van der Waals surface area contributed by atoms with E-state index < -0.39 is 23.2 Å². The van der Waals surface area contributed by atoms with Gasteiger partial charge >= 0.3 is 0 Å². The first kappa shape index (κ1) is 30.5. The van der Waals surface area contributed by atoms with Crippen molar-refractivity contribution >= 4 is 40.3 Å². The standard InChI is InChI=1S/C35H33ClFN3O5/c36-25-12-10-22(11-13-25)19-29(38-34(43)31-20-30(41)27-7-3-8-28(37)33(27)45-31)35(44)39-17-14-23(15-18-39)26-6-2-1-5-24(26)21-40-16-4-9-32(40)42/h1-3,5-8,10-13,20,23,29H,4,9,14-19,21H2,(H,38,43)/t29-/m0/s1. The van der Waals surface area contributed by atoms with Crippen LogP contribution in [0.1, 0.15) is 58.8 Å². The quantitative estimate of drug-likeness (QED) is 0.279. The molecule has 6 rings (SSSR count). The first-order chi connectivity index (χ1) is 21.8. The van der Waals surface area contributed by atoms with E-state index in [0.717, 1.165) is 49.1 Å². The first-order valence-corrected chi connectivity index (χ1v) is 15.6. The second-order valence-electron chi connectivity index (χ2n) is 11.7. The fourth-order valence-corrected chi connectivity index (χ4v) is 6.45. The number of carbonyl (C=O) groups excluding carboxylic acids is 3. The minimum atomic E-state index is -0.967. The summed E-state index contributed by atoms with van der Waals surface area (Å²) < 4.78 is 19.9. The van der Waals surface area contributed by atoms with Gasteiger partial charge in [-0.25, -0.2) is 4.39 Å². The summed E-state index contributed by atoms with van der Waals surface area (Å²) in [6.45, 7) is 2.35. The second kappa shape index (κ2) is 13.2. The Labute approximate surface area is 264 Å². The van der Waals surface area contributed by atoms with Crippen molar-refractivity contribution in [3.05, 3.63) is 116 Å². The molecule has 45 heavy (non-hydrogen) atoms. The van der Waals surface area contributed by atoms with Crippen molar-refractivity contribution in [2.75, 3.05) is 19.6 Å². The zero-order chi connectivity index (χ0) is 31.5. The number of piperidine rings is 1. The molecule has 0 bridgehead atoms. The predicted octanol–water partition coefficient (Wildman–Crippen LogP) is 5.46. The minimum Gasteiger partial charge on any atom is -0.448 e. The van der Waals surface area contributed by atoms with Gasteiger partial charge in [0.1, 0.15) is 6.04 Å². The highest BCUT2D eigenvalue weighted by Crippen LogP contribution is 2.32. The number of halogens is 2. The number of para-hydroxylation sites is 1. The third kappa shape index (κ3) is 6.78. The van der Waals surface area contributed by atoms with Gasteiger partial charge in [0, 0.05) is 50.1 Å². The second-order valence-corrected chi connectivity index (χ2v) is 12.1. The van der Waals surface area contributed by atoms with Gasteiger partial charge in [0.2, 0.25) is 11.8 Å². The van der Waals surface area contributed by atoms with Gasteiger partial charge in [-0.05, 0) is 66.1 Å². The highest BCUT2D eigenvalue weighted by Gasteiger charge is 2.32. The normalized spacial score (nSPS) is 16.3. The molecule has 0 aliphatic carbocycles. The van der Waals surface area contributed by atoms with E-state index in [1.165, 1.54) is 17.7 Å². The Balaban J connectivity index is 1.19. The lowest BCUT2D eigenvalue weighted by molar-refractivity contribution is -0.134. The Bertz CT molecular complexity index is 1800.